The lowest BCUT2D eigenvalue weighted by Gasteiger charge is -2.26. The Morgan fingerprint density at radius 2 is 1.89 bits per heavy atom. The lowest BCUT2D eigenvalue weighted by Crippen LogP contribution is -2.40. The average molecular weight is 390 g/mol. The van der Waals surface area contributed by atoms with Crippen molar-refractivity contribution in [2.24, 2.45) is 5.92 Å². The van der Waals surface area contributed by atoms with Crippen LogP contribution in [-0.2, 0) is 9.59 Å². The van der Waals surface area contributed by atoms with E-state index in [1.807, 2.05) is 0 Å². The molecule has 0 radical (unpaired) electrons. The summed E-state index contributed by atoms with van der Waals surface area (Å²) in [6, 6.07) is 4.95. The first-order valence-corrected chi connectivity index (χ1v) is 8.72. The molecule has 28 heavy (non-hydrogen) atoms. The Morgan fingerprint density at radius 3 is 2.46 bits per heavy atom. The number of nitrogens with one attached hydrogen (secondary N) is 2. The zero-order valence-corrected chi connectivity index (χ0v) is 15.3. The van der Waals surface area contributed by atoms with Crippen molar-refractivity contribution >= 4 is 29.3 Å². The number of aromatic nitrogens is 1. The summed E-state index contributed by atoms with van der Waals surface area (Å²) in [5.74, 6) is -1.03. The first kappa shape index (κ1) is 20.9. The summed E-state index contributed by atoms with van der Waals surface area (Å²) < 4.78 is 5.13. The number of benzene rings is 1. The second-order valence-corrected chi connectivity index (χ2v) is 6.41. The number of hydrogen-bond donors (Lipinski definition) is 4. The molecule has 1 aromatic carbocycles. The molecule has 9 nitrogen and oxygen atoms in total. The number of carbonyl (C=O) groups excluding carboxylic acids is 1. The van der Waals surface area contributed by atoms with Gasteiger partial charge >= 0.3 is 5.97 Å². The van der Waals surface area contributed by atoms with Gasteiger partial charge in [-0.1, -0.05) is 0 Å². The van der Waals surface area contributed by atoms with Crippen LogP contribution in [0.1, 0.15) is 36.0 Å². The van der Waals surface area contributed by atoms with Gasteiger partial charge in [0.15, 0.2) is 0 Å². The van der Waals surface area contributed by atoms with Gasteiger partial charge in [0.05, 0.1) is 13.0 Å². The molecular formula is C19H22N2O7. The normalized spacial score (nSPS) is 18.5. The molecular weight excluding hydrogens is 368 g/mol. The van der Waals surface area contributed by atoms with E-state index < -0.39 is 11.9 Å². The molecule has 0 atom stereocenters. The smallest absolute Gasteiger partial charge is 0.306 e. The lowest BCUT2D eigenvalue weighted by atomic mass is 9.86. The van der Waals surface area contributed by atoms with Crippen LogP contribution in [0.3, 0.4) is 0 Å². The molecule has 0 aliphatic heterocycles. The maximum absolute atomic E-state index is 12.6. The molecule has 4 N–H and O–H groups in total. The van der Waals surface area contributed by atoms with E-state index in [0.29, 0.717) is 42.3 Å². The highest BCUT2D eigenvalue weighted by Gasteiger charge is 2.27. The summed E-state index contributed by atoms with van der Waals surface area (Å²) in [5.41, 5.74) is 0.315. The zero-order valence-electron chi connectivity index (χ0n) is 15.3. The fraction of sp³-hybridized carbons (Fsp3) is 0.368. The predicted molar refractivity (Wildman–Crippen MR) is 101 cm³/mol. The third-order valence-corrected chi connectivity index (χ3v) is 4.74. The van der Waals surface area contributed by atoms with Crippen LogP contribution in [0.4, 0.5) is 0 Å². The maximum Gasteiger partial charge on any atom is 0.306 e. The molecule has 1 saturated carbocycles. The van der Waals surface area contributed by atoms with Crippen molar-refractivity contribution in [1.82, 2.24) is 10.3 Å². The summed E-state index contributed by atoms with van der Waals surface area (Å²) in [6.45, 7) is -0.250. The van der Waals surface area contributed by atoms with E-state index in [-0.39, 0.29) is 29.4 Å². The number of methoxy groups -OCH3 is 1. The Hall–Kier alpha value is -3.36. The number of carboxylic acid groups (broad SMARTS) is 2. The topological polar surface area (TPSA) is 146 Å². The molecule has 0 spiro atoms. The molecule has 1 aliphatic carbocycles. The molecule has 150 valence electrons. The summed E-state index contributed by atoms with van der Waals surface area (Å²) in [6.07, 6.45) is 3.68. The molecule has 1 aliphatic rings. The number of amides is 1. The monoisotopic (exact) mass is 390 g/mol. The van der Waals surface area contributed by atoms with Crippen molar-refractivity contribution in [1.29, 1.82) is 0 Å². The first-order chi connectivity index (χ1) is 13.4. The third-order valence-electron chi connectivity index (χ3n) is 4.74. The van der Waals surface area contributed by atoms with Crippen molar-refractivity contribution in [2.75, 3.05) is 7.11 Å². The van der Waals surface area contributed by atoms with E-state index in [0.717, 1.165) is 0 Å². The molecule has 1 heterocycles. The Kier molecular flexibility index (Phi) is 7.14. The van der Waals surface area contributed by atoms with Crippen LogP contribution in [0.5, 0.6) is 5.75 Å². The number of hydrogen-bond acceptors (Lipinski definition) is 5. The highest BCUT2D eigenvalue weighted by Crippen LogP contribution is 2.24. The van der Waals surface area contributed by atoms with E-state index in [1.165, 1.54) is 13.3 Å². The minimum atomic E-state index is -0.787. The molecule has 2 aromatic rings. The second kappa shape index (κ2) is 9.54. The Balaban J connectivity index is 0.000000878. The van der Waals surface area contributed by atoms with Crippen LogP contribution in [0.15, 0.2) is 29.2 Å². The van der Waals surface area contributed by atoms with Gasteiger partial charge in [0, 0.05) is 23.1 Å². The molecule has 0 unspecified atom stereocenters. The third kappa shape index (κ3) is 4.87. The van der Waals surface area contributed by atoms with E-state index in [4.69, 9.17) is 19.7 Å². The standard InChI is InChI=1S/C18H20N2O5.CH2O2/c1-25-12-6-7-15-13(8-12)16(21)14(9-19-15)17(22)20-11-4-2-10(3-5-11)18(23)24;2-1-3/h6-11H,2-5H2,1H3,(H,19,21)(H,20,22)(H,23,24);1H,(H,2,3). The highest BCUT2D eigenvalue weighted by molar-refractivity contribution is 5.97. The van der Waals surface area contributed by atoms with Gasteiger partial charge in [0.1, 0.15) is 11.3 Å². The zero-order chi connectivity index (χ0) is 20.7. The molecule has 3 rings (SSSR count). The fourth-order valence-corrected chi connectivity index (χ4v) is 3.24. The minimum Gasteiger partial charge on any atom is -0.497 e. The molecule has 1 amide bonds. The largest absolute Gasteiger partial charge is 0.497 e. The number of ether oxygens (including phenoxy) is 1. The molecule has 1 fully saturated rings. The molecule has 1 aromatic heterocycles. The lowest BCUT2D eigenvalue weighted by molar-refractivity contribution is -0.142. The van der Waals surface area contributed by atoms with Crippen molar-refractivity contribution in [3.8, 4) is 5.75 Å². The summed E-state index contributed by atoms with van der Waals surface area (Å²) >= 11 is 0. The number of carbonyl (C=O) groups is 3. The van der Waals surface area contributed by atoms with Gasteiger partial charge in [0.2, 0.25) is 5.43 Å². The average Bonchev–Trinajstić information content (AvgIpc) is 2.69. The summed E-state index contributed by atoms with van der Waals surface area (Å²) in [5, 5.41) is 19.1. The van der Waals surface area contributed by atoms with E-state index in [9.17, 15) is 14.4 Å². The Labute approximate surface area is 160 Å². The Morgan fingerprint density at radius 1 is 1.25 bits per heavy atom. The first-order valence-electron chi connectivity index (χ1n) is 8.72. The van der Waals surface area contributed by atoms with Gasteiger partial charge in [-0.3, -0.25) is 19.2 Å². The summed E-state index contributed by atoms with van der Waals surface area (Å²) in [7, 11) is 1.51. The number of H-pyrrole nitrogens is 1. The number of fused-ring (bicyclic) bond motifs is 1. The van der Waals surface area contributed by atoms with Crippen LogP contribution in [0.25, 0.3) is 10.9 Å². The van der Waals surface area contributed by atoms with Gasteiger partial charge in [-0.05, 0) is 43.9 Å². The van der Waals surface area contributed by atoms with E-state index in [1.54, 1.807) is 18.2 Å². The SMILES string of the molecule is COc1ccc2[nH]cc(C(=O)NC3CCC(C(=O)O)CC3)c(=O)c2c1.O=CO. The number of aromatic amines is 1. The van der Waals surface area contributed by atoms with Crippen LogP contribution < -0.4 is 15.5 Å². The molecule has 9 heteroatoms. The van der Waals surface area contributed by atoms with Crippen molar-refractivity contribution in [3.63, 3.8) is 0 Å². The van der Waals surface area contributed by atoms with E-state index >= 15 is 0 Å². The second-order valence-electron chi connectivity index (χ2n) is 6.41. The van der Waals surface area contributed by atoms with Crippen molar-refractivity contribution < 1.29 is 29.3 Å². The van der Waals surface area contributed by atoms with Crippen LogP contribution in [-0.4, -0.2) is 46.7 Å². The van der Waals surface area contributed by atoms with E-state index in [2.05, 4.69) is 10.3 Å². The number of rotatable bonds is 4. The van der Waals surface area contributed by atoms with Gasteiger partial charge in [-0.15, -0.1) is 0 Å². The maximum atomic E-state index is 12.6. The Bertz CT molecular complexity index is 914. The molecule has 0 bridgehead atoms. The highest BCUT2D eigenvalue weighted by atomic mass is 16.5. The van der Waals surface area contributed by atoms with Crippen molar-refractivity contribution in [2.45, 2.75) is 31.7 Å². The van der Waals surface area contributed by atoms with Gasteiger partial charge in [0.25, 0.3) is 12.4 Å². The predicted octanol–water partition coefficient (Wildman–Crippen LogP) is 1.61. The number of pyridine rings is 1. The quantitative estimate of drug-likeness (QED) is 0.580. The minimum absolute atomic E-state index is 0.0427. The number of aliphatic carboxylic acids is 1. The summed E-state index contributed by atoms with van der Waals surface area (Å²) in [4.78, 5) is 47.4. The van der Waals surface area contributed by atoms with Gasteiger partial charge in [-0.2, -0.15) is 0 Å². The van der Waals surface area contributed by atoms with Gasteiger partial charge in [-0.25, -0.2) is 0 Å². The van der Waals surface area contributed by atoms with Gasteiger partial charge < -0.3 is 25.3 Å². The number of carboxylic acids is 1. The van der Waals surface area contributed by atoms with Crippen molar-refractivity contribution in [3.05, 3.63) is 40.2 Å². The van der Waals surface area contributed by atoms with Crippen LogP contribution in [0.2, 0.25) is 0 Å². The van der Waals surface area contributed by atoms with Crippen LogP contribution in [0, 0.1) is 5.92 Å². The fourth-order valence-electron chi connectivity index (χ4n) is 3.24. The molecule has 0 saturated heterocycles. The van der Waals surface area contributed by atoms with Crippen LogP contribution >= 0.6 is 0 Å².